The molecule has 0 unspecified atom stereocenters. The Bertz CT molecular complexity index is 693. The Kier molecular flexibility index (Phi) is 4.15. The maximum Gasteiger partial charge on any atom is 0.311 e. The second kappa shape index (κ2) is 6.08. The van der Waals surface area contributed by atoms with Crippen molar-refractivity contribution < 1.29 is 4.92 Å². The van der Waals surface area contributed by atoms with Crippen LogP contribution in [0.15, 0.2) is 35.1 Å². The Morgan fingerprint density at radius 3 is 2.68 bits per heavy atom. The lowest BCUT2D eigenvalue weighted by molar-refractivity contribution is -0.384. The Balaban J connectivity index is 1.75. The van der Waals surface area contributed by atoms with Gasteiger partial charge in [0.1, 0.15) is 0 Å². The highest BCUT2D eigenvalue weighted by Crippen LogP contribution is 2.32. The second-order valence-electron chi connectivity index (χ2n) is 5.48. The third-order valence-corrected chi connectivity index (χ3v) is 5.07. The van der Waals surface area contributed by atoms with Gasteiger partial charge in [0.05, 0.1) is 4.92 Å². The zero-order valence-electron chi connectivity index (χ0n) is 12.3. The fourth-order valence-electron chi connectivity index (χ4n) is 3.03. The molecule has 0 aliphatic carbocycles. The highest BCUT2D eigenvalue weighted by atomic mass is 79.9. The average Bonchev–Trinajstić information content (AvgIpc) is 2.87. The molecule has 0 amide bonds. The van der Waals surface area contributed by atoms with E-state index >= 15 is 0 Å². The van der Waals surface area contributed by atoms with Crippen molar-refractivity contribution in [3.05, 3.63) is 50.9 Å². The smallest absolute Gasteiger partial charge is 0.311 e. The largest absolute Gasteiger partial charge is 0.351 e. The first-order valence-corrected chi connectivity index (χ1v) is 8.04. The zero-order valence-corrected chi connectivity index (χ0v) is 13.9. The summed E-state index contributed by atoms with van der Waals surface area (Å²) in [6.45, 7) is 3.65. The summed E-state index contributed by atoms with van der Waals surface area (Å²) in [6, 6.07) is 5.62. The van der Waals surface area contributed by atoms with Gasteiger partial charge in [-0.3, -0.25) is 10.1 Å². The van der Waals surface area contributed by atoms with Crippen LogP contribution in [-0.4, -0.2) is 27.6 Å². The van der Waals surface area contributed by atoms with Crippen LogP contribution in [0.25, 0.3) is 0 Å². The van der Waals surface area contributed by atoms with E-state index in [1.54, 1.807) is 12.3 Å². The lowest BCUT2D eigenvalue weighted by Crippen LogP contribution is -2.35. The average molecular weight is 365 g/mol. The first-order valence-electron chi connectivity index (χ1n) is 7.25. The Morgan fingerprint density at radius 2 is 2.09 bits per heavy atom. The molecule has 1 aliphatic rings. The van der Waals surface area contributed by atoms with Crippen molar-refractivity contribution in [3.8, 4) is 0 Å². The van der Waals surface area contributed by atoms with E-state index in [0.717, 1.165) is 30.4 Å². The fraction of sp³-hybridized carbons (Fsp3) is 0.400. The summed E-state index contributed by atoms with van der Waals surface area (Å²) < 4.78 is 3.41. The number of nitrogens with zero attached hydrogens (tertiary/aromatic N) is 4. The Labute approximate surface area is 137 Å². The molecule has 1 aliphatic heterocycles. The van der Waals surface area contributed by atoms with Gasteiger partial charge in [0.25, 0.3) is 0 Å². The standard InChI is InChI=1S/C15H17BrN4O2/c1-11-13(16)6-10-19(11)12-4-8-18(9-5-12)15-14(20(21)22)3-2-7-17-15/h2-3,6-7,10,12H,4-5,8-9H2,1H3. The van der Waals surface area contributed by atoms with Gasteiger partial charge in [0.2, 0.25) is 5.82 Å². The van der Waals surface area contributed by atoms with Crippen LogP contribution in [0.1, 0.15) is 24.6 Å². The lowest BCUT2D eigenvalue weighted by Gasteiger charge is -2.33. The molecule has 116 valence electrons. The van der Waals surface area contributed by atoms with Crippen molar-refractivity contribution in [2.24, 2.45) is 0 Å². The maximum absolute atomic E-state index is 11.1. The number of halogens is 1. The molecule has 0 spiro atoms. The molecule has 2 aromatic heterocycles. The van der Waals surface area contributed by atoms with Gasteiger partial charge in [-0.1, -0.05) is 0 Å². The van der Waals surface area contributed by atoms with Crippen LogP contribution in [-0.2, 0) is 0 Å². The van der Waals surface area contributed by atoms with Gasteiger partial charge >= 0.3 is 5.69 Å². The molecule has 0 atom stereocenters. The molecule has 7 heteroatoms. The molecule has 6 nitrogen and oxygen atoms in total. The van der Waals surface area contributed by atoms with E-state index in [1.165, 1.54) is 11.8 Å². The number of hydrogen-bond donors (Lipinski definition) is 0. The summed E-state index contributed by atoms with van der Waals surface area (Å²) in [6.07, 6.45) is 5.62. The van der Waals surface area contributed by atoms with Gasteiger partial charge < -0.3 is 9.47 Å². The van der Waals surface area contributed by atoms with Crippen LogP contribution in [0, 0.1) is 17.0 Å². The molecule has 0 bridgehead atoms. The van der Waals surface area contributed by atoms with Crippen molar-refractivity contribution in [3.63, 3.8) is 0 Å². The minimum Gasteiger partial charge on any atom is -0.351 e. The monoisotopic (exact) mass is 364 g/mol. The van der Waals surface area contributed by atoms with Crippen LogP contribution in [0.3, 0.4) is 0 Å². The maximum atomic E-state index is 11.1. The van der Waals surface area contributed by atoms with Gasteiger partial charge in [0, 0.05) is 47.8 Å². The predicted octanol–water partition coefficient (Wildman–Crippen LogP) is 3.70. The highest BCUT2D eigenvalue weighted by Gasteiger charge is 2.26. The van der Waals surface area contributed by atoms with Crippen LogP contribution in [0.4, 0.5) is 11.5 Å². The van der Waals surface area contributed by atoms with Crippen LogP contribution in [0.2, 0.25) is 0 Å². The summed E-state index contributed by atoms with van der Waals surface area (Å²) in [4.78, 5) is 17.0. The van der Waals surface area contributed by atoms with E-state index in [9.17, 15) is 10.1 Å². The number of hydrogen-bond acceptors (Lipinski definition) is 4. The molecule has 1 fully saturated rings. The van der Waals surface area contributed by atoms with E-state index in [-0.39, 0.29) is 10.6 Å². The third-order valence-electron chi connectivity index (χ3n) is 4.23. The van der Waals surface area contributed by atoms with Crippen LogP contribution >= 0.6 is 15.9 Å². The molecular weight excluding hydrogens is 348 g/mol. The van der Waals surface area contributed by atoms with E-state index < -0.39 is 0 Å². The first kappa shape index (κ1) is 15.0. The summed E-state index contributed by atoms with van der Waals surface area (Å²) in [5, 5.41) is 11.1. The summed E-state index contributed by atoms with van der Waals surface area (Å²) in [5.41, 5.74) is 1.31. The number of aromatic nitrogens is 2. The molecular formula is C15H17BrN4O2. The van der Waals surface area contributed by atoms with Gasteiger partial charge in [-0.05, 0) is 47.8 Å². The normalized spacial score (nSPS) is 16.0. The van der Waals surface area contributed by atoms with Crippen LogP contribution in [0.5, 0.6) is 0 Å². The van der Waals surface area contributed by atoms with Crippen LogP contribution < -0.4 is 4.90 Å². The molecule has 0 N–H and O–H groups in total. The molecule has 0 saturated carbocycles. The lowest BCUT2D eigenvalue weighted by atomic mass is 10.0. The molecule has 22 heavy (non-hydrogen) atoms. The van der Waals surface area contributed by atoms with Gasteiger partial charge in [-0.2, -0.15) is 0 Å². The minimum absolute atomic E-state index is 0.0841. The predicted molar refractivity (Wildman–Crippen MR) is 88.2 cm³/mol. The Morgan fingerprint density at radius 1 is 1.36 bits per heavy atom. The SMILES string of the molecule is Cc1c(Br)ccn1C1CCN(c2ncccc2[N+](=O)[O-])CC1. The number of anilines is 1. The molecule has 0 radical (unpaired) electrons. The van der Waals surface area contributed by atoms with Gasteiger partial charge in [-0.25, -0.2) is 4.98 Å². The summed E-state index contributed by atoms with van der Waals surface area (Å²) in [7, 11) is 0. The first-order chi connectivity index (χ1) is 10.6. The Hall–Kier alpha value is -1.89. The molecule has 1 saturated heterocycles. The fourth-order valence-corrected chi connectivity index (χ4v) is 3.35. The van der Waals surface area contributed by atoms with E-state index in [1.807, 2.05) is 4.90 Å². The van der Waals surface area contributed by atoms with Gasteiger partial charge in [-0.15, -0.1) is 0 Å². The van der Waals surface area contributed by atoms with E-state index in [2.05, 4.69) is 44.7 Å². The molecule has 3 rings (SSSR count). The summed E-state index contributed by atoms with van der Waals surface area (Å²) in [5.74, 6) is 0.483. The van der Waals surface area contributed by atoms with Gasteiger partial charge in [0.15, 0.2) is 0 Å². The van der Waals surface area contributed by atoms with E-state index in [0.29, 0.717) is 11.9 Å². The van der Waals surface area contributed by atoms with Crippen molar-refractivity contribution in [1.82, 2.24) is 9.55 Å². The third kappa shape index (κ3) is 2.72. The van der Waals surface area contributed by atoms with Crippen molar-refractivity contribution in [1.29, 1.82) is 0 Å². The second-order valence-corrected chi connectivity index (χ2v) is 6.33. The number of pyridine rings is 1. The molecule has 0 aromatic carbocycles. The van der Waals surface area contributed by atoms with Crippen molar-refractivity contribution in [2.45, 2.75) is 25.8 Å². The van der Waals surface area contributed by atoms with E-state index in [4.69, 9.17) is 0 Å². The zero-order chi connectivity index (χ0) is 15.7. The van der Waals surface area contributed by atoms with Crippen molar-refractivity contribution >= 4 is 27.4 Å². The van der Waals surface area contributed by atoms with Crippen molar-refractivity contribution in [2.75, 3.05) is 18.0 Å². The highest BCUT2D eigenvalue weighted by molar-refractivity contribution is 9.10. The topological polar surface area (TPSA) is 64.2 Å². The minimum atomic E-state index is -0.359. The molecule has 3 heterocycles. The number of nitro groups is 1. The molecule has 2 aromatic rings. The number of piperidine rings is 1. The number of rotatable bonds is 3. The summed E-state index contributed by atoms with van der Waals surface area (Å²) >= 11 is 3.54. The quantitative estimate of drug-likeness (QED) is 0.615.